The van der Waals surface area contributed by atoms with Crippen molar-refractivity contribution < 1.29 is 13.9 Å². The fourth-order valence-corrected chi connectivity index (χ4v) is 2.74. The smallest absolute Gasteiger partial charge is 0.276 e. The fraction of sp³-hybridized carbons (Fsp3) is 0.294. The molecule has 5 nitrogen and oxygen atoms in total. The number of thiocarbonyl (C=S) groups is 1. The van der Waals surface area contributed by atoms with Gasteiger partial charge in [0.05, 0.1) is 0 Å². The Morgan fingerprint density at radius 1 is 1.39 bits per heavy atom. The number of furan rings is 1. The molecule has 0 saturated carbocycles. The van der Waals surface area contributed by atoms with E-state index in [1.54, 1.807) is 11.0 Å². The number of carbonyl (C=O) groups is 1. The van der Waals surface area contributed by atoms with Crippen LogP contribution >= 0.6 is 12.2 Å². The van der Waals surface area contributed by atoms with Gasteiger partial charge in [0.1, 0.15) is 17.0 Å². The molecule has 1 fully saturated rings. The Balaban J connectivity index is 1.73. The van der Waals surface area contributed by atoms with Crippen molar-refractivity contribution in [3.63, 3.8) is 0 Å². The molecule has 6 heteroatoms. The van der Waals surface area contributed by atoms with Crippen LogP contribution in [-0.4, -0.2) is 35.7 Å². The summed E-state index contributed by atoms with van der Waals surface area (Å²) in [6.45, 7) is 3.78. The third-order valence-corrected chi connectivity index (χ3v) is 3.89. The number of ether oxygens (including phenoxy) is 1. The van der Waals surface area contributed by atoms with E-state index in [9.17, 15) is 4.79 Å². The van der Waals surface area contributed by atoms with Crippen molar-refractivity contribution in [2.24, 2.45) is 0 Å². The lowest BCUT2D eigenvalue weighted by molar-refractivity contribution is -0.122. The van der Waals surface area contributed by atoms with E-state index in [2.05, 4.69) is 5.32 Å². The number of nitrogens with zero attached hydrogens (tertiary/aromatic N) is 1. The maximum Gasteiger partial charge on any atom is 0.276 e. The summed E-state index contributed by atoms with van der Waals surface area (Å²) in [4.78, 5) is 14.0. The molecule has 1 aliphatic rings. The molecular formula is C17H18N2O3S. The number of benzene rings is 1. The molecule has 1 saturated heterocycles. The fourth-order valence-electron chi connectivity index (χ4n) is 2.46. The first-order valence-corrected chi connectivity index (χ1v) is 8.00. The Kier molecular flexibility index (Phi) is 4.73. The summed E-state index contributed by atoms with van der Waals surface area (Å²) in [6, 6.07) is 9.62. The van der Waals surface area contributed by atoms with Gasteiger partial charge in [0.15, 0.2) is 5.11 Å². The minimum absolute atomic E-state index is 0.132. The van der Waals surface area contributed by atoms with E-state index in [4.69, 9.17) is 21.4 Å². The van der Waals surface area contributed by atoms with Crippen LogP contribution in [0.15, 0.2) is 40.4 Å². The number of fused-ring (bicyclic) bond motifs is 1. The lowest BCUT2D eigenvalue weighted by atomic mass is 10.2. The van der Waals surface area contributed by atoms with Crippen LogP contribution < -0.4 is 5.32 Å². The van der Waals surface area contributed by atoms with Crippen molar-refractivity contribution >= 4 is 40.3 Å². The van der Waals surface area contributed by atoms with E-state index < -0.39 is 0 Å². The minimum atomic E-state index is -0.132. The molecule has 2 aromatic rings. The number of hydrogen-bond donors (Lipinski definition) is 1. The first-order valence-electron chi connectivity index (χ1n) is 7.60. The Labute approximate surface area is 139 Å². The SMILES string of the molecule is CCOCCCN1C(=O)/C(=C/c2cc3ccccc3o2)NC1=S. The molecule has 0 atom stereocenters. The van der Waals surface area contributed by atoms with Crippen LogP contribution in [-0.2, 0) is 9.53 Å². The average Bonchev–Trinajstić information content (AvgIpc) is 3.06. The van der Waals surface area contributed by atoms with Crippen LogP contribution in [0.25, 0.3) is 17.0 Å². The average molecular weight is 330 g/mol. The summed E-state index contributed by atoms with van der Waals surface area (Å²) < 4.78 is 11.0. The van der Waals surface area contributed by atoms with E-state index in [-0.39, 0.29) is 5.91 Å². The first kappa shape index (κ1) is 15.7. The molecule has 0 bridgehead atoms. The Morgan fingerprint density at radius 2 is 2.22 bits per heavy atom. The summed E-state index contributed by atoms with van der Waals surface area (Å²) in [7, 11) is 0. The molecular weight excluding hydrogens is 312 g/mol. The molecule has 0 spiro atoms. The number of para-hydroxylation sites is 1. The molecule has 1 aromatic carbocycles. The van der Waals surface area contributed by atoms with Crippen LogP contribution in [0, 0.1) is 0 Å². The van der Waals surface area contributed by atoms with Crippen molar-refractivity contribution in [1.29, 1.82) is 0 Å². The summed E-state index contributed by atoms with van der Waals surface area (Å²) in [6.07, 6.45) is 2.44. The van der Waals surface area contributed by atoms with E-state index in [1.165, 1.54) is 0 Å². The highest BCUT2D eigenvalue weighted by Crippen LogP contribution is 2.22. The van der Waals surface area contributed by atoms with E-state index in [0.717, 1.165) is 17.4 Å². The van der Waals surface area contributed by atoms with Gasteiger partial charge in [0.25, 0.3) is 5.91 Å². The lowest BCUT2D eigenvalue weighted by Crippen LogP contribution is -2.32. The predicted molar refractivity (Wildman–Crippen MR) is 92.7 cm³/mol. The molecule has 2 heterocycles. The summed E-state index contributed by atoms with van der Waals surface area (Å²) in [5.41, 5.74) is 1.23. The zero-order valence-corrected chi connectivity index (χ0v) is 13.7. The van der Waals surface area contributed by atoms with Gasteiger partial charge in [-0.25, -0.2) is 0 Å². The normalized spacial score (nSPS) is 16.6. The second kappa shape index (κ2) is 6.93. The second-order valence-corrected chi connectivity index (χ2v) is 5.57. The summed E-state index contributed by atoms with van der Waals surface area (Å²) in [5, 5.41) is 4.38. The van der Waals surface area contributed by atoms with Gasteiger partial charge in [-0.3, -0.25) is 9.69 Å². The molecule has 1 aliphatic heterocycles. The number of amides is 1. The maximum absolute atomic E-state index is 12.4. The van der Waals surface area contributed by atoms with Crippen molar-refractivity contribution in [3.05, 3.63) is 41.8 Å². The Morgan fingerprint density at radius 3 is 3.00 bits per heavy atom. The lowest BCUT2D eigenvalue weighted by Gasteiger charge is -2.13. The molecule has 0 radical (unpaired) electrons. The molecule has 23 heavy (non-hydrogen) atoms. The first-order chi connectivity index (χ1) is 11.2. The topological polar surface area (TPSA) is 54.7 Å². The van der Waals surface area contributed by atoms with Crippen molar-refractivity contribution in [3.8, 4) is 0 Å². The molecule has 0 aliphatic carbocycles. The van der Waals surface area contributed by atoms with E-state index in [1.807, 2.05) is 37.3 Å². The van der Waals surface area contributed by atoms with Crippen LogP contribution in [0.4, 0.5) is 0 Å². The van der Waals surface area contributed by atoms with Gasteiger partial charge in [0.2, 0.25) is 0 Å². The molecule has 1 N–H and O–H groups in total. The predicted octanol–water partition coefficient (Wildman–Crippen LogP) is 2.92. The van der Waals surface area contributed by atoms with Crippen LogP contribution in [0.2, 0.25) is 0 Å². The second-order valence-electron chi connectivity index (χ2n) is 5.18. The molecule has 1 aromatic heterocycles. The number of rotatable bonds is 6. The Bertz CT molecular complexity index is 733. The maximum atomic E-state index is 12.4. The highest BCUT2D eigenvalue weighted by atomic mass is 32.1. The van der Waals surface area contributed by atoms with Gasteiger partial charge >= 0.3 is 0 Å². The monoisotopic (exact) mass is 330 g/mol. The van der Waals surface area contributed by atoms with Gasteiger partial charge in [-0.15, -0.1) is 0 Å². The largest absolute Gasteiger partial charge is 0.457 e. The third-order valence-electron chi connectivity index (χ3n) is 3.57. The third kappa shape index (κ3) is 3.43. The molecule has 120 valence electrons. The Hall–Kier alpha value is -2.18. The van der Waals surface area contributed by atoms with Crippen LogP contribution in [0.3, 0.4) is 0 Å². The zero-order chi connectivity index (χ0) is 16.2. The van der Waals surface area contributed by atoms with Crippen LogP contribution in [0.1, 0.15) is 19.1 Å². The van der Waals surface area contributed by atoms with E-state index in [0.29, 0.717) is 36.3 Å². The van der Waals surface area contributed by atoms with Crippen molar-refractivity contribution in [1.82, 2.24) is 10.2 Å². The molecule has 3 rings (SSSR count). The van der Waals surface area contributed by atoms with Gasteiger partial charge in [0, 0.05) is 31.2 Å². The molecule has 1 amide bonds. The highest BCUT2D eigenvalue weighted by molar-refractivity contribution is 7.80. The number of nitrogens with one attached hydrogen (secondary N) is 1. The number of hydrogen-bond acceptors (Lipinski definition) is 4. The number of carbonyl (C=O) groups excluding carboxylic acids is 1. The van der Waals surface area contributed by atoms with E-state index >= 15 is 0 Å². The summed E-state index contributed by atoms with van der Waals surface area (Å²) >= 11 is 5.23. The van der Waals surface area contributed by atoms with Gasteiger partial charge in [-0.05, 0) is 37.7 Å². The molecule has 0 unspecified atom stereocenters. The van der Waals surface area contributed by atoms with Crippen molar-refractivity contribution in [2.45, 2.75) is 13.3 Å². The standard InChI is InChI=1S/C17H18N2O3S/c1-2-21-9-5-8-19-16(20)14(18-17(19)23)11-13-10-12-6-3-4-7-15(12)22-13/h3-4,6-7,10-11H,2,5,8-9H2,1H3,(H,18,23)/b14-11-. The van der Waals surface area contributed by atoms with Crippen LogP contribution in [0.5, 0.6) is 0 Å². The highest BCUT2D eigenvalue weighted by Gasteiger charge is 2.30. The summed E-state index contributed by atoms with van der Waals surface area (Å²) in [5.74, 6) is 0.493. The minimum Gasteiger partial charge on any atom is -0.457 e. The zero-order valence-electron chi connectivity index (χ0n) is 12.9. The van der Waals surface area contributed by atoms with Crippen molar-refractivity contribution in [2.75, 3.05) is 19.8 Å². The van der Waals surface area contributed by atoms with Gasteiger partial charge in [-0.1, -0.05) is 18.2 Å². The quantitative estimate of drug-likeness (QED) is 0.501. The van der Waals surface area contributed by atoms with Gasteiger partial charge in [-0.2, -0.15) is 0 Å². The van der Waals surface area contributed by atoms with Gasteiger partial charge < -0.3 is 14.5 Å².